The fraction of sp³-hybridized carbons (Fsp3) is 0.682. The monoisotopic (exact) mass is 341 g/mol. The Bertz CT molecular complexity index is 576. The minimum atomic E-state index is -0.404. The fourth-order valence-corrected chi connectivity index (χ4v) is 6.15. The van der Waals surface area contributed by atoms with Crippen LogP contribution in [0.15, 0.2) is 30.3 Å². The summed E-state index contributed by atoms with van der Waals surface area (Å²) < 4.78 is 5.93. The second kappa shape index (κ2) is 6.66. The lowest BCUT2D eigenvalue weighted by atomic mass is 9.48. The first-order valence-corrected chi connectivity index (χ1v) is 10.1. The Morgan fingerprint density at radius 3 is 2.20 bits per heavy atom. The zero-order chi connectivity index (χ0) is 17.4. The molecule has 0 unspecified atom stereocenters. The van der Waals surface area contributed by atoms with Gasteiger partial charge in [0.15, 0.2) is 6.10 Å². The Morgan fingerprint density at radius 1 is 1.12 bits per heavy atom. The lowest BCUT2D eigenvalue weighted by Crippen LogP contribution is -2.57. The summed E-state index contributed by atoms with van der Waals surface area (Å²) in [5, 5.41) is 3.34. The molecule has 3 nitrogen and oxygen atoms in total. The molecule has 4 aliphatic rings. The number of carbonyl (C=O) groups excluding carboxylic acids is 1. The average Bonchev–Trinajstić information content (AvgIpc) is 2.59. The van der Waals surface area contributed by atoms with E-state index in [4.69, 9.17) is 4.74 Å². The molecule has 0 aliphatic heterocycles. The average molecular weight is 341 g/mol. The van der Waals surface area contributed by atoms with Crippen molar-refractivity contribution in [2.75, 3.05) is 0 Å². The molecule has 3 heteroatoms. The van der Waals surface area contributed by atoms with Gasteiger partial charge in [-0.15, -0.1) is 0 Å². The molecule has 1 N–H and O–H groups in total. The minimum absolute atomic E-state index is 0.0506. The topological polar surface area (TPSA) is 38.3 Å². The van der Waals surface area contributed by atoms with Crippen molar-refractivity contribution >= 4 is 5.91 Å². The molecule has 2 atom stereocenters. The van der Waals surface area contributed by atoms with Crippen LogP contribution in [0.25, 0.3) is 0 Å². The number of ether oxygens (including phenoxy) is 1. The highest BCUT2D eigenvalue weighted by atomic mass is 16.5. The molecule has 0 radical (unpaired) electrons. The van der Waals surface area contributed by atoms with Crippen LogP contribution in [0.4, 0.5) is 0 Å². The van der Waals surface area contributed by atoms with Crippen molar-refractivity contribution in [1.29, 1.82) is 0 Å². The Morgan fingerprint density at radius 2 is 1.68 bits per heavy atom. The van der Waals surface area contributed by atoms with Crippen molar-refractivity contribution in [1.82, 2.24) is 5.32 Å². The maximum atomic E-state index is 12.8. The first kappa shape index (κ1) is 16.9. The zero-order valence-corrected chi connectivity index (χ0v) is 15.5. The van der Waals surface area contributed by atoms with E-state index in [1.54, 1.807) is 0 Å². The van der Waals surface area contributed by atoms with Gasteiger partial charge in [-0.1, -0.05) is 25.1 Å². The molecule has 5 rings (SSSR count). The molecule has 136 valence electrons. The van der Waals surface area contributed by atoms with Crippen molar-refractivity contribution in [2.24, 2.45) is 23.2 Å². The van der Waals surface area contributed by atoms with Crippen LogP contribution in [-0.4, -0.2) is 18.1 Å². The molecule has 25 heavy (non-hydrogen) atoms. The molecule has 1 aromatic carbocycles. The fourth-order valence-electron chi connectivity index (χ4n) is 6.15. The van der Waals surface area contributed by atoms with E-state index >= 15 is 0 Å². The van der Waals surface area contributed by atoms with Gasteiger partial charge in [0.05, 0.1) is 0 Å². The highest BCUT2D eigenvalue weighted by Gasteiger charge is 2.53. The summed E-state index contributed by atoms with van der Waals surface area (Å²) >= 11 is 0. The van der Waals surface area contributed by atoms with Gasteiger partial charge < -0.3 is 10.1 Å². The number of hydrogen-bond donors (Lipinski definition) is 1. The summed E-state index contributed by atoms with van der Waals surface area (Å²) in [6, 6.07) is 9.93. The normalized spacial score (nSPS) is 35.2. The van der Waals surface area contributed by atoms with Crippen LogP contribution >= 0.6 is 0 Å². The molecule has 4 saturated carbocycles. The van der Waals surface area contributed by atoms with Crippen molar-refractivity contribution in [3.63, 3.8) is 0 Å². The van der Waals surface area contributed by atoms with Crippen LogP contribution in [0.5, 0.6) is 5.75 Å². The molecule has 4 bridgehead atoms. The second-order valence-corrected chi connectivity index (χ2v) is 8.84. The standard InChI is InChI=1S/C22H31NO2/c1-3-20(25-19-7-5-4-6-8-19)21(24)23-15(2)22-12-16-9-17(13-22)11-18(10-16)14-22/h4-8,15-18,20H,3,9-14H2,1-2H3,(H,23,24)/t15-,16?,17?,18?,20-,22?/m0/s1. The van der Waals surface area contributed by atoms with E-state index in [1.165, 1.54) is 38.5 Å². The number of nitrogens with one attached hydrogen (secondary N) is 1. The van der Waals surface area contributed by atoms with Crippen molar-refractivity contribution in [3.8, 4) is 5.75 Å². The Balaban J connectivity index is 1.41. The van der Waals surface area contributed by atoms with E-state index < -0.39 is 6.10 Å². The Kier molecular flexibility index (Phi) is 4.51. The van der Waals surface area contributed by atoms with E-state index in [9.17, 15) is 4.79 Å². The van der Waals surface area contributed by atoms with E-state index in [0.29, 0.717) is 11.8 Å². The van der Waals surface area contributed by atoms with Crippen molar-refractivity contribution in [3.05, 3.63) is 30.3 Å². The highest BCUT2D eigenvalue weighted by Crippen LogP contribution is 2.61. The zero-order valence-electron chi connectivity index (χ0n) is 15.5. The van der Waals surface area contributed by atoms with Gasteiger partial charge in [0.25, 0.3) is 5.91 Å². The summed E-state index contributed by atoms with van der Waals surface area (Å²) in [7, 11) is 0. The quantitative estimate of drug-likeness (QED) is 0.823. The number of benzene rings is 1. The van der Waals surface area contributed by atoms with Gasteiger partial charge in [-0.2, -0.15) is 0 Å². The van der Waals surface area contributed by atoms with Crippen LogP contribution in [0.3, 0.4) is 0 Å². The number of para-hydroxylation sites is 1. The van der Waals surface area contributed by atoms with Gasteiger partial charge in [-0.25, -0.2) is 0 Å². The largest absolute Gasteiger partial charge is 0.481 e. The first-order chi connectivity index (χ1) is 12.1. The predicted octanol–water partition coefficient (Wildman–Crippen LogP) is 4.57. The van der Waals surface area contributed by atoms with Gasteiger partial charge in [0.1, 0.15) is 5.75 Å². The minimum Gasteiger partial charge on any atom is -0.481 e. The highest BCUT2D eigenvalue weighted by molar-refractivity contribution is 5.81. The van der Waals surface area contributed by atoms with E-state index in [1.807, 2.05) is 37.3 Å². The number of rotatable bonds is 6. The van der Waals surface area contributed by atoms with E-state index in [0.717, 1.165) is 23.5 Å². The van der Waals surface area contributed by atoms with Gasteiger partial charge in [-0.3, -0.25) is 4.79 Å². The third kappa shape index (κ3) is 3.30. The summed E-state index contributed by atoms with van der Waals surface area (Å²) in [6.07, 6.45) is 8.55. The molecular formula is C22H31NO2. The van der Waals surface area contributed by atoms with Crippen LogP contribution in [0, 0.1) is 23.2 Å². The summed E-state index contributed by atoms with van der Waals surface area (Å²) in [5.74, 6) is 3.55. The van der Waals surface area contributed by atoms with E-state index in [2.05, 4.69) is 12.2 Å². The first-order valence-electron chi connectivity index (χ1n) is 10.1. The lowest BCUT2D eigenvalue weighted by molar-refractivity contribution is -0.132. The Hall–Kier alpha value is -1.51. The molecule has 0 heterocycles. The van der Waals surface area contributed by atoms with Gasteiger partial charge >= 0.3 is 0 Å². The smallest absolute Gasteiger partial charge is 0.261 e. The molecule has 4 aliphatic carbocycles. The molecule has 1 aromatic rings. The van der Waals surface area contributed by atoms with Crippen LogP contribution in [-0.2, 0) is 4.79 Å². The third-order valence-corrected chi connectivity index (χ3v) is 7.05. The second-order valence-electron chi connectivity index (χ2n) is 8.84. The van der Waals surface area contributed by atoms with Crippen LogP contribution in [0.2, 0.25) is 0 Å². The molecule has 1 amide bonds. The van der Waals surface area contributed by atoms with Gasteiger partial charge in [0, 0.05) is 6.04 Å². The number of amides is 1. The lowest BCUT2D eigenvalue weighted by Gasteiger charge is -2.59. The maximum absolute atomic E-state index is 12.8. The Labute approximate surface area is 151 Å². The number of hydrogen-bond acceptors (Lipinski definition) is 2. The van der Waals surface area contributed by atoms with Crippen LogP contribution < -0.4 is 10.1 Å². The molecule has 0 spiro atoms. The maximum Gasteiger partial charge on any atom is 0.261 e. The summed E-state index contributed by atoms with van der Waals surface area (Å²) in [6.45, 7) is 4.25. The van der Waals surface area contributed by atoms with Gasteiger partial charge in [0.2, 0.25) is 0 Å². The summed E-state index contributed by atoms with van der Waals surface area (Å²) in [4.78, 5) is 12.8. The van der Waals surface area contributed by atoms with Gasteiger partial charge in [-0.05, 0) is 87.2 Å². The van der Waals surface area contributed by atoms with E-state index in [-0.39, 0.29) is 11.9 Å². The van der Waals surface area contributed by atoms with Crippen molar-refractivity contribution in [2.45, 2.75) is 70.9 Å². The SMILES string of the molecule is CC[C@H](Oc1ccccc1)C(=O)N[C@@H](C)C12CC3CC(CC(C3)C1)C2. The summed E-state index contributed by atoms with van der Waals surface area (Å²) in [5.41, 5.74) is 0.343. The molecule has 0 saturated heterocycles. The van der Waals surface area contributed by atoms with Crippen LogP contribution in [0.1, 0.15) is 58.8 Å². The third-order valence-electron chi connectivity index (χ3n) is 7.05. The predicted molar refractivity (Wildman–Crippen MR) is 99.4 cm³/mol. The number of carbonyl (C=O) groups is 1. The van der Waals surface area contributed by atoms with Crippen molar-refractivity contribution < 1.29 is 9.53 Å². The molecule has 4 fully saturated rings. The molecule has 0 aromatic heterocycles. The molecular weight excluding hydrogens is 310 g/mol.